The van der Waals surface area contributed by atoms with E-state index in [1.807, 2.05) is 0 Å². The lowest BCUT2D eigenvalue weighted by Gasteiger charge is -2.44. The molecule has 2 nitrogen and oxygen atoms in total. The van der Waals surface area contributed by atoms with Crippen LogP contribution >= 0.6 is 0 Å². The van der Waals surface area contributed by atoms with Crippen molar-refractivity contribution in [1.82, 2.24) is 10.2 Å². The van der Waals surface area contributed by atoms with Gasteiger partial charge in [0.1, 0.15) is 0 Å². The summed E-state index contributed by atoms with van der Waals surface area (Å²) in [5.41, 5.74) is 1.02. The van der Waals surface area contributed by atoms with Crippen molar-refractivity contribution in [3.8, 4) is 0 Å². The van der Waals surface area contributed by atoms with Crippen LogP contribution in [0.5, 0.6) is 0 Å². The monoisotopic (exact) mass is 294 g/mol. The molecule has 0 amide bonds. The minimum Gasteiger partial charge on any atom is -0.312 e. The van der Waals surface area contributed by atoms with Crippen LogP contribution in [0.4, 0.5) is 0 Å². The van der Waals surface area contributed by atoms with E-state index in [1.54, 1.807) is 0 Å². The highest BCUT2D eigenvalue weighted by molar-refractivity contribution is 5.02. The number of nitrogens with zero attached hydrogens (tertiary/aromatic N) is 1. The maximum Gasteiger partial charge on any atom is 0.0274 e. The molecule has 0 aliphatic heterocycles. The lowest BCUT2D eigenvalue weighted by molar-refractivity contribution is 0.0756. The number of rotatable bonds is 5. The molecule has 0 saturated heterocycles. The second-order valence-electron chi connectivity index (χ2n) is 9.09. The maximum absolute atomic E-state index is 3.87. The van der Waals surface area contributed by atoms with Gasteiger partial charge in [0.25, 0.3) is 0 Å². The van der Waals surface area contributed by atoms with Gasteiger partial charge >= 0.3 is 0 Å². The first-order chi connectivity index (χ1) is 9.77. The number of likely N-dealkylation sites (N-methyl/N-ethyl adjacent to an activating group) is 1. The average molecular weight is 295 g/mol. The van der Waals surface area contributed by atoms with E-state index in [0.717, 1.165) is 18.6 Å². The number of hydrogen-bond acceptors (Lipinski definition) is 2. The van der Waals surface area contributed by atoms with Gasteiger partial charge in [-0.3, -0.25) is 4.90 Å². The van der Waals surface area contributed by atoms with Gasteiger partial charge in [0.05, 0.1) is 0 Å². The van der Waals surface area contributed by atoms with E-state index in [2.05, 4.69) is 51.9 Å². The van der Waals surface area contributed by atoms with Crippen LogP contribution in [0, 0.1) is 10.8 Å². The molecule has 2 fully saturated rings. The molecular formula is C19H38N2. The zero-order chi connectivity index (χ0) is 15.7. The first kappa shape index (κ1) is 17.3. The molecule has 0 radical (unpaired) electrons. The number of hydrogen-bond donors (Lipinski definition) is 1. The summed E-state index contributed by atoms with van der Waals surface area (Å²) in [5, 5.41) is 3.87. The molecule has 0 heterocycles. The summed E-state index contributed by atoms with van der Waals surface area (Å²) in [4.78, 5) is 2.75. The van der Waals surface area contributed by atoms with E-state index >= 15 is 0 Å². The van der Waals surface area contributed by atoms with Gasteiger partial charge in [-0.05, 0) is 69.4 Å². The SMILES string of the molecule is CCCNC1C(N(C)C2CCC(C)(C)CC2)CCC1(C)C. The van der Waals surface area contributed by atoms with Gasteiger partial charge in [0.2, 0.25) is 0 Å². The van der Waals surface area contributed by atoms with Gasteiger partial charge in [0.15, 0.2) is 0 Å². The Hall–Kier alpha value is -0.0800. The summed E-state index contributed by atoms with van der Waals surface area (Å²) in [7, 11) is 2.40. The van der Waals surface area contributed by atoms with Crippen molar-refractivity contribution in [1.29, 1.82) is 0 Å². The minimum atomic E-state index is 0.446. The van der Waals surface area contributed by atoms with Gasteiger partial charge in [-0.15, -0.1) is 0 Å². The summed E-state index contributed by atoms with van der Waals surface area (Å²) in [6.07, 6.45) is 9.53. The van der Waals surface area contributed by atoms with E-state index < -0.39 is 0 Å². The van der Waals surface area contributed by atoms with E-state index in [1.165, 1.54) is 44.9 Å². The molecule has 0 spiro atoms. The summed E-state index contributed by atoms with van der Waals surface area (Å²) in [6, 6.07) is 2.21. The Morgan fingerprint density at radius 2 is 1.62 bits per heavy atom. The molecule has 2 aliphatic rings. The van der Waals surface area contributed by atoms with E-state index in [0.29, 0.717) is 16.9 Å². The Labute approximate surface area is 133 Å². The molecule has 2 rings (SSSR count). The summed E-state index contributed by atoms with van der Waals surface area (Å²) in [6.45, 7) is 13.2. The fourth-order valence-electron chi connectivity index (χ4n) is 4.58. The molecule has 2 atom stereocenters. The lowest BCUT2D eigenvalue weighted by Crippen LogP contribution is -2.54. The normalized spacial score (nSPS) is 32.7. The van der Waals surface area contributed by atoms with Crippen LogP contribution in [0.15, 0.2) is 0 Å². The van der Waals surface area contributed by atoms with E-state index in [9.17, 15) is 0 Å². The van der Waals surface area contributed by atoms with Gasteiger partial charge in [-0.2, -0.15) is 0 Å². The molecule has 2 heteroatoms. The number of nitrogens with one attached hydrogen (secondary N) is 1. The Kier molecular flexibility index (Phi) is 5.41. The van der Waals surface area contributed by atoms with Gasteiger partial charge < -0.3 is 5.32 Å². The molecule has 0 aromatic rings. The third-order valence-electron chi connectivity index (χ3n) is 6.33. The molecule has 21 heavy (non-hydrogen) atoms. The van der Waals surface area contributed by atoms with Crippen molar-refractivity contribution >= 4 is 0 Å². The van der Waals surface area contributed by atoms with Crippen LogP contribution in [0.25, 0.3) is 0 Å². The van der Waals surface area contributed by atoms with Crippen molar-refractivity contribution in [2.75, 3.05) is 13.6 Å². The summed E-state index contributed by atoms with van der Waals surface area (Å²) in [5.74, 6) is 0. The topological polar surface area (TPSA) is 15.3 Å². The van der Waals surface area contributed by atoms with Crippen LogP contribution in [-0.2, 0) is 0 Å². The minimum absolute atomic E-state index is 0.446. The third kappa shape index (κ3) is 4.01. The Morgan fingerprint density at radius 3 is 2.19 bits per heavy atom. The Morgan fingerprint density at radius 1 is 1.00 bits per heavy atom. The smallest absolute Gasteiger partial charge is 0.0274 e. The predicted molar refractivity (Wildman–Crippen MR) is 92.7 cm³/mol. The first-order valence-electron chi connectivity index (χ1n) is 9.22. The van der Waals surface area contributed by atoms with Gasteiger partial charge in [-0.25, -0.2) is 0 Å². The highest BCUT2D eigenvalue weighted by Gasteiger charge is 2.45. The Bertz CT molecular complexity index is 324. The van der Waals surface area contributed by atoms with Crippen LogP contribution in [0.1, 0.15) is 79.6 Å². The van der Waals surface area contributed by atoms with Crippen molar-refractivity contribution in [2.24, 2.45) is 10.8 Å². The molecule has 2 unspecified atom stereocenters. The van der Waals surface area contributed by atoms with Crippen LogP contribution in [-0.4, -0.2) is 36.6 Å². The second-order valence-corrected chi connectivity index (χ2v) is 9.09. The molecule has 0 bridgehead atoms. The highest BCUT2D eigenvalue weighted by Crippen LogP contribution is 2.43. The van der Waals surface area contributed by atoms with Crippen LogP contribution in [0.3, 0.4) is 0 Å². The van der Waals surface area contributed by atoms with Crippen molar-refractivity contribution < 1.29 is 0 Å². The van der Waals surface area contributed by atoms with Gasteiger partial charge in [0, 0.05) is 18.1 Å². The molecule has 124 valence electrons. The Balaban J connectivity index is 1.99. The molecule has 1 N–H and O–H groups in total. The summed E-state index contributed by atoms with van der Waals surface area (Å²) >= 11 is 0. The van der Waals surface area contributed by atoms with Crippen molar-refractivity contribution in [2.45, 2.75) is 97.7 Å². The molecule has 2 aliphatic carbocycles. The predicted octanol–water partition coefficient (Wildman–Crippen LogP) is 4.44. The largest absolute Gasteiger partial charge is 0.312 e. The lowest BCUT2D eigenvalue weighted by atomic mass is 9.75. The summed E-state index contributed by atoms with van der Waals surface area (Å²) < 4.78 is 0. The maximum atomic E-state index is 3.87. The van der Waals surface area contributed by atoms with E-state index in [-0.39, 0.29) is 0 Å². The second kappa shape index (κ2) is 6.58. The third-order valence-corrected chi connectivity index (χ3v) is 6.33. The first-order valence-corrected chi connectivity index (χ1v) is 9.22. The quantitative estimate of drug-likeness (QED) is 0.806. The fourth-order valence-corrected chi connectivity index (χ4v) is 4.58. The van der Waals surface area contributed by atoms with Gasteiger partial charge in [-0.1, -0.05) is 34.6 Å². The highest BCUT2D eigenvalue weighted by atomic mass is 15.2. The standard InChI is InChI=1S/C19H38N2/c1-7-14-20-17-16(10-13-19(17,4)5)21(6)15-8-11-18(2,3)12-9-15/h15-17,20H,7-14H2,1-6H3. The van der Waals surface area contributed by atoms with Crippen LogP contribution < -0.4 is 5.32 Å². The molecule has 0 aromatic heterocycles. The fraction of sp³-hybridized carbons (Fsp3) is 1.00. The molecular weight excluding hydrogens is 256 g/mol. The zero-order valence-corrected chi connectivity index (χ0v) is 15.3. The van der Waals surface area contributed by atoms with Crippen molar-refractivity contribution in [3.05, 3.63) is 0 Å². The molecule has 0 aromatic carbocycles. The van der Waals surface area contributed by atoms with E-state index in [4.69, 9.17) is 0 Å². The average Bonchev–Trinajstić information content (AvgIpc) is 2.71. The van der Waals surface area contributed by atoms with Crippen molar-refractivity contribution in [3.63, 3.8) is 0 Å². The van der Waals surface area contributed by atoms with Crippen LogP contribution in [0.2, 0.25) is 0 Å². The molecule has 2 saturated carbocycles. The zero-order valence-electron chi connectivity index (χ0n) is 15.3.